The number of hydrogen-bond acceptors (Lipinski definition) is 3. The van der Waals surface area contributed by atoms with E-state index < -0.39 is 0 Å². The molecule has 0 fully saturated rings. The highest BCUT2D eigenvalue weighted by Crippen LogP contribution is 2.25. The van der Waals surface area contributed by atoms with Crippen molar-refractivity contribution in [3.63, 3.8) is 0 Å². The molecule has 0 aliphatic carbocycles. The summed E-state index contributed by atoms with van der Waals surface area (Å²) in [5, 5.41) is 2.96. The largest absolute Gasteiger partial charge is 0.496 e. The topological polar surface area (TPSA) is 38.3 Å². The second kappa shape index (κ2) is 6.55. The Balaban J connectivity index is 2.83. The molecule has 3 nitrogen and oxygen atoms in total. The van der Waals surface area contributed by atoms with E-state index >= 15 is 0 Å². The van der Waals surface area contributed by atoms with Gasteiger partial charge in [0.05, 0.1) is 18.9 Å². The number of benzene rings is 1. The maximum atomic E-state index is 11.5. The molecule has 0 bridgehead atoms. The van der Waals surface area contributed by atoms with Crippen LogP contribution in [0.5, 0.6) is 5.75 Å². The Bertz CT molecular complexity index is 393. The summed E-state index contributed by atoms with van der Waals surface area (Å²) in [5.41, 5.74) is 2.17. The van der Waals surface area contributed by atoms with Gasteiger partial charge in [0.2, 0.25) is 5.91 Å². The van der Waals surface area contributed by atoms with Crippen molar-refractivity contribution < 1.29 is 9.53 Å². The first-order chi connectivity index (χ1) is 8.08. The Morgan fingerprint density at radius 2 is 2.24 bits per heavy atom. The number of carbonyl (C=O) groups is 1. The summed E-state index contributed by atoms with van der Waals surface area (Å²) in [6.07, 6.45) is 1.91. The maximum Gasteiger partial charge on any atom is 0.230 e. The molecule has 0 radical (unpaired) electrons. The molecule has 0 aliphatic rings. The van der Waals surface area contributed by atoms with Gasteiger partial charge in [-0.1, -0.05) is 17.7 Å². The maximum absolute atomic E-state index is 11.5. The van der Waals surface area contributed by atoms with Crippen LogP contribution < -0.4 is 10.1 Å². The van der Waals surface area contributed by atoms with Crippen molar-refractivity contribution in [2.24, 2.45) is 0 Å². The van der Waals surface area contributed by atoms with E-state index in [1.165, 1.54) is 11.8 Å². The fourth-order valence-corrected chi connectivity index (χ4v) is 2.03. The van der Waals surface area contributed by atoms with Crippen LogP contribution in [0.4, 0.5) is 0 Å². The van der Waals surface area contributed by atoms with Crippen molar-refractivity contribution in [1.29, 1.82) is 0 Å². The normalized spacial score (nSPS) is 12.0. The molecule has 1 rings (SSSR count). The van der Waals surface area contributed by atoms with E-state index in [2.05, 4.69) is 5.32 Å². The lowest BCUT2D eigenvalue weighted by atomic mass is 10.0. The second-order valence-corrected chi connectivity index (χ2v) is 4.83. The molecule has 0 heterocycles. The lowest BCUT2D eigenvalue weighted by Gasteiger charge is -2.17. The molecule has 1 atom stereocenters. The van der Waals surface area contributed by atoms with Crippen LogP contribution in [0, 0.1) is 6.92 Å². The Morgan fingerprint density at radius 1 is 1.53 bits per heavy atom. The lowest BCUT2D eigenvalue weighted by molar-refractivity contribution is -0.119. The van der Waals surface area contributed by atoms with Gasteiger partial charge in [0.1, 0.15) is 5.75 Å². The number of aryl methyl sites for hydroxylation is 1. The number of nitrogens with one attached hydrogen (secondary N) is 1. The first-order valence-corrected chi connectivity index (χ1v) is 6.90. The molecule has 0 saturated carbocycles. The summed E-state index contributed by atoms with van der Waals surface area (Å²) in [4.78, 5) is 11.5. The molecular formula is C13H19NO2S. The minimum atomic E-state index is -0.0375. The third-order valence-electron chi connectivity index (χ3n) is 2.50. The first-order valence-electron chi connectivity index (χ1n) is 5.51. The molecule has 1 unspecified atom stereocenters. The summed E-state index contributed by atoms with van der Waals surface area (Å²) in [6, 6.07) is 5.94. The zero-order chi connectivity index (χ0) is 12.8. The number of carbonyl (C=O) groups excluding carboxylic acids is 1. The number of rotatable bonds is 5. The van der Waals surface area contributed by atoms with Gasteiger partial charge >= 0.3 is 0 Å². The standard InChI is InChI=1S/C13H19NO2S/c1-9-5-6-12(16-3)11(7-9)10(2)14-13(15)8-17-4/h5-7,10H,8H2,1-4H3,(H,14,15). The van der Waals surface area contributed by atoms with E-state index in [4.69, 9.17) is 4.74 Å². The molecule has 0 aliphatic heterocycles. The van der Waals surface area contributed by atoms with Crippen LogP contribution in [-0.2, 0) is 4.79 Å². The van der Waals surface area contributed by atoms with Gasteiger partial charge in [-0.15, -0.1) is 0 Å². The van der Waals surface area contributed by atoms with Crippen molar-refractivity contribution in [2.75, 3.05) is 19.1 Å². The summed E-state index contributed by atoms with van der Waals surface area (Å²) >= 11 is 1.52. The van der Waals surface area contributed by atoms with Crippen molar-refractivity contribution >= 4 is 17.7 Å². The van der Waals surface area contributed by atoms with Crippen LogP contribution in [0.15, 0.2) is 18.2 Å². The predicted octanol–water partition coefficient (Wildman–Crippen LogP) is 2.54. The van der Waals surface area contributed by atoms with Gasteiger partial charge in [0.25, 0.3) is 0 Å². The van der Waals surface area contributed by atoms with Crippen LogP contribution in [0.2, 0.25) is 0 Å². The van der Waals surface area contributed by atoms with Crippen molar-refractivity contribution in [2.45, 2.75) is 19.9 Å². The lowest BCUT2D eigenvalue weighted by Crippen LogP contribution is -2.28. The smallest absolute Gasteiger partial charge is 0.230 e. The number of thioether (sulfide) groups is 1. The average Bonchev–Trinajstić information content (AvgIpc) is 2.29. The van der Waals surface area contributed by atoms with Gasteiger partial charge in [-0.05, 0) is 26.2 Å². The number of hydrogen-bond donors (Lipinski definition) is 1. The minimum Gasteiger partial charge on any atom is -0.496 e. The van der Waals surface area contributed by atoms with E-state index in [-0.39, 0.29) is 11.9 Å². The zero-order valence-corrected chi connectivity index (χ0v) is 11.6. The minimum absolute atomic E-state index is 0.0375. The molecule has 1 aromatic carbocycles. The summed E-state index contributed by atoms with van der Waals surface area (Å²) in [6.45, 7) is 3.99. The zero-order valence-electron chi connectivity index (χ0n) is 10.7. The Labute approximate surface area is 107 Å². The summed E-state index contributed by atoms with van der Waals surface area (Å²) < 4.78 is 5.31. The highest BCUT2D eigenvalue weighted by molar-refractivity contribution is 7.99. The Hall–Kier alpha value is -1.16. The van der Waals surface area contributed by atoms with Crippen LogP contribution in [0.3, 0.4) is 0 Å². The molecule has 1 amide bonds. The van der Waals surface area contributed by atoms with Crippen LogP contribution in [-0.4, -0.2) is 25.0 Å². The van der Waals surface area contributed by atoms with Crippen molar-refractivity contribution in [1.82, 2.24) is 5.32 Å². The van der Waals surface area contributed by atoms with E-state index in [0.717, 1.165) is 16.9 Å². The van der Waals surface area contributed by atoms with E-state index in [9.17, 15) is 4.79 Å². The van der Waals surface area contributed by atoms with Gasteiger partial charge in [-0.2, -0.15) is 11.8 Å². The molecule has 1 aromatic rings. The molecule has 94 valence electrons. The van der Waals surface area contributed by atoms with Gasteiger partial charge in [-0.25, -0.2) is 0 Å². The van der Waals surface area contributed by atoms with Crippen molar-refractivity contribution in [3.05, 3.63) is 29.3 Å². The van der Waals surface area contributed by atoms with E-state index in [1.807, 2.05) is 38.3 Å². The third kappa shape index (κ3) is 3.97. The molecule has 0 spiro atoms. The highest BCUT2D eigenvalue weighted by atomic mass is 32.2. The Kier molecular flexibility index (Phi) is 5.35. The SMILES string of the molecule is COc1ccc(C)cc1C(C)NC(=O)CSC. The Morgan fingerprint density at radius 3 is 2.82 bits per heavy atom. The first kappa shape index (κ1) is 13.9. The second-order valence-electron chi connectivity index (χ2n) is 3.97. The number of ether oxygens (including phenoxy) is 1. The predicted molar refractivity (Wildman–Crippen MR) is 72.7 cm³/mol. The van der Waals surface area contributed by atoms with Gasteiger partial charge < -0.3 is 10.1 Å². The van der Waals surface area contributed by atoms with Gasteiger partial charge in [0, 0.05) is 5.56 Å². The molecule has 0 aromatic heterocycles. The number of methoxy groups -OCH3 is 1. The fraction of sp³-hybridized carbons (Fsp3) is 0.462. The van der Waals surface area contributed by atoms with Crippen LogP contribution >= 0.6 is 11.8 Å². The molecule has 4 heteroatoms. The highest BCUT2D eigenvalue weighted by Gasteiger charge is 2.13. The summed E-state index contributed by atoms with van der Waals surface area (Å²) in [7, 11) is 1.64. The van der Waals surface area contributed by atoms with Gasteiger partial charge in [0.15, 0.2) is 0 Å². The van der Waals surface area contributed by atoms with E-state index in [0.29, 0.717) is 5.75 Å². The van der Waals surface area contributed by atoms with Crippen LogP contribution in [0.1, 0.15) is 24.1 Å². The molecular weight excluding hydrogens is 234 g/mol. The summed E-state index contributed by atoms with van der Waals surface area (Å²) in [5.74, 6) is 1.35. The monoisotopic (exact) mass is 253 g/mol. The van der Waals surface area contributed by atoms with Crippen molar-refractivity contribution in [3.8, 4) is 5.75 Å². The van der Waals surface area contributed by atoms with E-state index in [1.54, 1.807) is 7.11 Å². The molecule has 0 saturated heterocycles. The van der Waals surface area contributed by atoms with Gasteiger partial charge in [-0.3, -0.25) is 4.79 Å². The molecule has 1 N–H and O–H groups in total. The quantitative estimate of drug-likeness (QED) is 0.876. The number of amides is 1. The fourth-order valence-electron chi connectivity index (χ4n) is 1.68. The van der Waals surface area contributed by atoms with Crippen LogP contribution in [0.25, 0.3) is 0 Å². The average molecular weight is 253 g/mol. The molecule has 17 heavy (non-hydrogen) atoms. The third-order valence-corrected chi connectivity index (χ3v) is 3.06.